The number of H-pyrrole nitrogens is 1. The van der Waals surface area contributed by atoms with Gasteiger partial charge >= 0.3 is 0 Å². The monoisotopic (exact) mass is 184 g/mol. The number of aromatic amines is 1. The van der Waals surface area contributed by atoms with E-state index in [4.69, 9.17) is 15.2 Å². The van der Waals surface area contributed by atoms with Crippen molar-refractivity contribution < 1.29 is 9.47 Å². The number of aromatic nitrogens is 1. The Morgan fingerprint density at radius 3 is 3.00 bits per heavy atom. The quantitative estimate of drug-likeness (QED) is 0.645. The Kier molecular flexibility index (Phi) is 3.33. The molecule has 3 N–H and O–H groups in total. The predicted octanol–water partition coefficient (Wildman–Crippen LogP) is -0.0177. The Morgan fingerprint density at radius 1 is 1.54 bits per heavy atom. The fourth-order valence-electron chi connectivity index (χ4n) is 0.833. The summed E-state index contributed by atoms with van der Waals surface area (Å²) in [5, 5.41) is 0. The molecule has 0 saturated heterocycles. The van der Waals surface area contributed by atoms with Crippen LogP contribution in [0.5, 0.6) is 5.75 Å². The fourth-order valence-corrected chi connectivity index (χ4v) is 0.833. The minimum atomic E-state index is -0.338. The van der Waals surface area contributed by atoms with Crippen molar-refractivity contribution in [1.29, 1.82) is 0 Å². The first-order chi connectivity index (χ1) is 6.25. The van der Waals surface area contributed by atoms with Crippen molar-refractivity contribution in [1.82, 2.24) is 4.98 Å². The standard InChI is InChI=1S/C8H12N2O3/c1-12-4-5-13-6-2-3-10-8(11)7(6)9/h2-3H,4-5,9H2,1H3,(H,10,11). The van der Waals surface area contributed by atoms with Crippen LogP contribution >= 0.6 is 0 Å². The Labute approximate surface area is 75.5 Å². The van der Waals surface area contributed by atoms with Crippen molar-refractivity contribution in [2.75, 3.05) is 26.1 Å². The molecule has 13 heavy (non-hydrogen) atoms. The van der Waals surface area contributed by atoms with Gasteiger partial charge in [0.15, 0.2) is 0 Å². The van der Waals surface area contributed by atoms with E-state index in [1.807, 2.05) is 0 Å². The van der Waals surface area contributed by atoms with E-state index in [0.717, 1.165) is 0 Å². The summed E-state index contributed by atoms with van der Waals surface area (Å²) in [6, 6.07) is 1.60. The van der Waals surface area contributed by atoms with E-state index in [9.17, 15) is 4.79 Å². The highest BCUT2D eigenvalue weighted by atomic mass is 16.5. The average molecular weight is 184 g/mol. The molecule has 0 fully saturated rings. The highest BCUT2D eigenvalue weighted by Crippen LogP contribution is 2.14. The number of nitrogen functional groups attached to an aromatic ring is 1. The maximum atomic E-state index is 11.0. The molecule has 0 aliphatic carbocycles. The maximum absolute atomic E-state index is 11.0. The zero-order chi connectivity index (χ0) is 9.68. The molecule has 0 aliphatic heterocycles. The number of rotatable bonds is 4. The van der Waals surface area contributed by atoms with Gasteiger partial charge in [0.25, 0.3) is 5.56 Å². The van der Waals surface area contributed by atoms with E-state index in [0.29, 0.717) is 19.0 Å². The van der Waals surface area contributed by atoms with Crippen molar-refractivity contribution in [3.63, 3.8) is 0 Å². The largest absolute Gasteiger partial charge is 0.489 e. The van der Waals surface area contributed by atoms with Crippen molar-refractivity contribution in [3.05, 3.63) is 22.6 Å². The summed E-state index contributed by atoms with van der Waals surface area (Å²) in [6.07, 6.45) is 1.49. The van der Waals surface area contributed by atoms with Crippen LogP contribution in [0, 0.1) is 0 Å². The van der Waals surface area contributed by atoms with E-state index in [1.54, 1.807) is 13.2 Å². The molecule has 0 aromatic carbocycles. The molecule has 0 radical (unpaired) electrons. The number of nitrogens with one attached hydrogen (secondary N) is 1. The van der Waals surface area contributed by atoms with Gasteiger partial charge in [-0.05, 0) is 6.07 Å². The van der Waals surface area contributed by atoms with Gasteiger partial charge in [-0.1, -0.05) is 0 Å². The second-order valence-corrected chi connectivity index (χ2v) is 2.43. The third-order valence-corrected chi connectivity index (χ3v) is 1.50. The lowest BCUT2D eigenvalue weighted by Gasteiger charge is -2.06. The predicted molar refractivity (Wildman–Crippen MR) is 48.8 cm³/mol. The lowest BCUT2D eigenvalue weighted by molar-refractivity contribution is 0.146. The molecule has 0 bridgehead atoms. The van der Waals surface area contributed by atoms with E-state index < -0.39 is 0 Å². The molecule has 72 valence electrons. The van der Waals surface area contributed by atoms with Gasteiger partial charge in [-0.3, -0.25) is 4.79 Å². The van der Waals surface area contributed by atoms with Gasteiger partial charge in [0, 0.05) is 13.3 Å². The molecule has 0 aliphatic rings. The second-order valence-electron chi connectivity index (χ2n) is 2.43. The zero-order valence-electron chi connectivity index (χ0n) is 7.37. The average Bonchev–Trinajstić information content (AvgIpc) is 2.13. The minimum Gasteiger partial charge on any atom is -0.489 e. The summed E-state index contributed by atoms with van der Waals surface area (Å²) in [7, 11) is 1.57. The Morgan fingerprint density at radius 2 is 2.31 bits per heavy atom. The van der Waals surface area contributed by atoms with E-state index >= 15 is 0 Å². The van der Waals surface area contributed by atoms with Crippen molar-refractivity contribution in [2.24, 2.45) is 0 Å². The first-order valence-corrected chi connectivity index (χ1v) is 3.84. The number of hydrogen-bond donors (Lipinski definition) is 2. The summed E-state index contributed by atoms with van der Waals surface area (Å²) in [6.45, 7) is 0.844. The number of ether oxygens (including phenoxy) is 2. The van der Waals surface area contributed by atoms with Crippen molar-refractivity contribution in [3.8, 4) is 5.75 Å². The molecular formula is C8H12N2O3. The molecule has 5 nitrogen and oxygen atoms in total. The van der Waals surface area contributed by atoms with Crippen LogP contribution in [0.2, 0.25) is 0 Å². The van der Waals surface area contributed by atoms with Crippen LogP contribution in [0.15, 0.2) is 17.1 Å². The van der Waals surface area contributed by atoms with E-state index in [-0.39, 0.29) is 11.2 Å². The Hall–Kier alpha value is -1.49. The molecule has 5 heteroatoms. The smallest absolute Gasteiger partial charge is 0.274 e. The van der Waals surface area contributed by atoms with Crippen LogP contribution in [0.3, 0.4) is 0 Å². The van der Waals surface area contributed by atoms with Gasteiger partial charge < -0.3 is 20.2 Å². The summed E-state index contributed by atoms with van der Waals surface area (Å²) < 4.78 is 9.97. The molecule has 1 rings (SSSR count). The number of anilines is 1. The number of nitrogens with two attached hydrogens (primary N) is 1. The minimum absolute atomic E-state index is 0.0959. The van der Waals surface area contributed by atoms with E-state index in [1.165, 1.54) is 6.20 Å². The highest BCUT2D eigenvalue weighted by Gasteiger charge is 2.02. The Balaban J connectivity index is 2.66. The maximum Gasteiger partial charge on any atom is 0.274 e. The molecule has 1 heterocycles. The zero-order valence-corrected chi connectivity index (χ0v) is 7.37. The third kappa shape index (κ3) is 2.48. The molecule has 0 saturated carbocycles. The van der Waals surface area contributed by atoms with Gasteiger partial charge in [0.05, 0.1) is 6.61 Å². The van der Waals surface area contributed by atoms with Crippen LogP contribution in [0.4, 0.5) is 5.69 Å². The summed E-state index contributed by atoms with van der Waals surface area (Å²) >= 11 is 0. The summed E-state index contributed by atoms with van der Waals surface area (Å²) in [5.74, 6) is 0.390. The summed E-state index contributed by atoms with van der Waals surface area (Å²) in [4.78, 5) is 13.4. The normalized spacial score (nSPS) is 9.92. The Bertz CT molecular complexity index is 321. The van der Waals surface area contributed by atoms with Gasteiger partial charge in [0.2, 0.25) is 0 Å². The SMILES string of the molecule is COCCOc1cc[nH]c(=O)c1N. The van der Waals surface area contributed by atoms with Gasteiger partial charge in [-0.25, -0.2) is 0 Å². The highest BCUT2D eigenvalue weighted by molar-refractivity contribution is 5.49. The molecule has 0 atom stereocenters. The first-order valence-electron chi connectivity index (χ1n) is 3.84. The van der Waals surface area contributed by atoms with Crippen molar-refractivity contribution >= 4 is 5.69 Å². The fraction of sp³-hybridized carbons (Fsp3) is 0.375. The van der Waals surface area contributed by atoms with Crippen molar-refractivity contribution in [2.45, 2.75) is 0 Å². The van der Waals surface area contributed by atoms with Crippen LogP contribution in [-0.4, -0.2) is 25.3 Å². The lowest BCUT2D eigenvalue weighted by atomic mass is 10.4. The van der Waals surface area contributed by atoms with E-state index in [2.05, 4.69) is 4.98 Å². The van der Waals surface area contributed by atoms with Crippen LogP contribution in [0.1, 0.15) is 0 Å². The van der Waals surface area contributed by atoms with Crippen LogP contribution < -0.4 is 16.0 Å². The number of hydrogen-bond acceptors (Lipinski definition) is 4. The number of pyridine rings is 1. The molecule has 0 spiro atoms. The summed E-state index contributed by atoms with van der Waals surface area (Å²) in [5.41, 5.74) is 5.21. The van der Waals surface area contributed by atoms with Crippen LogP contribution in [0.25, 0.3) is 0 Å². The first kappa shape index (κ1) is 9.60. The van der Waals surface area contributed by atoms with Gasteiger partial charge in [0.1, 0.15) is 18.0 Å². The number of methoxy groups -OCH3 is 1. The topological polar surface area (TPSA) is 77.3 Å². The third-order valence-electron chi connectivity index (χ3n) is 1.50. The van der Waals surface area contributed by atoms with Crippen LogP contribution in [-0.2, 0) is 4.74 Å². The molecule has 0 unspecified atom stereocenters. The molecule has 1 aromatic heterocycles. The lowest BCUT2D eigenvalue weighted by Crippen LogP contribution is -2.14. The second kappa shape index (κ2) is 4.51. The van der Waals surface area contributed by atoms with Gasteiger partial charge in [-0.2, -0.15) is 0 Å². The molecular weight excluding hydrogens is 172 g/mol. The molecule has 1 aromatic rings. The van der Waals surface area contributed by atoms with Gasteiger partial charge in [-0.15, -0.1) is 0 Å². The molecule has 0 amide bonds.